The van der Waals surface area contributed by atoms with Gasteiger partial charge in [0, 0.05) is 68.1 Å². The molecule has 0 spiro atoms. The molecule has 3 amide bonds. The molecule has 8 nitrogen and oxygen atoms in total. The summed E-state index contributed by atoms with van der Waals surface area (Å²) in [5.74, 6) is 0.368. The van der Waals surface area contributed by atoms with Crippen LogP contribution < -0.4 is 0 Å². The molecule has 0 radical (unpaired) electrons. The van der Waals surface area contributed by atoms with Crippen molar-refractivity contribution in [1.82, 2.24) is 14.7 Å². The predicted molar refractivity (Wildman–Crippen MR) is 392 cm³/mol. The van der Waals surface area contributed by atoms with Crippen LogP contribution in [0.1, 0.15) is 197 Å². The molecule has 3 atom stereocenters. The SMILES string of the molecule is CC.CC(C)C1CC(=O)N(C(C)C)C1.CC(C)N1C[C@@H](C)CC1=O.CC(C)N1C[C@@H](C)CC1=O.CCc1cc(F)c(F)cc1F.CCc1cc(F)ccc1C.CCc1ccc(CC)c(C(F)(F)F)c1.Cc1ccc(C#N)c(Cl)c1.Cc1ccc(C#N)c(Cl)c1.Cc1ccc(C)c(Cl)c1. The second-order valence-corrected chi connectivity index (χ2v) is 26.7. The van der Waals surface area contributed by atoms with Crippen LogP contribution in [-0.4, -0.2) is 70.2 Å². The minimum Gasteiger partial charge on any atom is -0.340 e. The molecule has 9 rings (SSSR count). The Hall–Kier alpha value is -6.91. The third-order valence-corrected chi connectivity index (χ3v) is 17.0. The molecule has 3 saturated heterocycles. The standard InChI is InChI=1S/C11H13F3.C10H19NO.C9H11F.2C8H6ClN.C8H9Cl.C8H7F3.2C8H15NO.C2H6/c1-3-8-5-6-9(4-2)10(7-8)11(12,13)14;1-7(2)9-5-10(12)11(6-9)8(3)4;1-3-8-6-9(10)5-4-7(8)2;2*1-6-2-3-7(5-10)8(9)4-6;1-6-3-4-7(2)8(9)5-6;1-2-5-3-7(10)8(11)4-6(5)9;2*1-6(2)9-5-7(3)4-8(9)10;1-2/h5-7H,3-4H2,1-2H3;7-9H,5-6H2,1-4H3;4-6H,3H2,1-2H3;2*2-4H,1H3;3-5H,1-2H3;3-4H,2H2,1H3;2*6-7H,4-5H2,1-3H3;1-2H3/t;;;;;;;2*7-;/m.......00./s1. The first-order valence-corrected chi connectivity index (χ1v) is 34.9. The van der Waals surface area contributed by atoms with E-state index in [2.05, 4.69) is 75.3 Å². The van der Waals surface area contributed by atoms with Gasteiger partial charge in [0.1, 0.15) is 23.8 Å². The van der Waals surface area contributed by atoms with Crippen LogP contribution in [0.2, 0.25) is 15.1 Å². The van der Waals surface area contributed by atoms with E-state index in [9.17, 15) is 45.1 Å². The Labute approximate surface area is 597 Å². The molecule has 0 aromatic heterocycles. The Kier molecular flexibility index (Phi) is 43.2. The maximum Gasteiger partial charge on any atom is 0.416 e. The van der Waals surface area contributed by atoms with Crippen molar-refractivity contribution in [2.45, 2.75) is 215 Å². The van der Waals surface area contributed by atoms with Crippen molar-refractivity contribution >= 4 is 52.5 Å². The van der Waals surface area contributed by atoms with E-state index in [1.54, 1.807) is 56.3 Å². The first-order chi connectivity index (χ1) is 45.8. The van der Waals surface area contributed by atoms with E-state index in [0.717, 1.165) is 84.2 Å². The minimum absolute atomic E-state index is 0.137. The third-order valence-electron chi connectivity index (χ3n) is 16.0. The summed E-state index contributed by atoms with van der Waals surface area (Å²) in [6, 6.07) is 32.8. The number of benzene rings is 6. The molecule has 3 heterocycles. The van der Waals surface area contributed by atoms with Gasteiger partial charge < -0.3 is 14.7 Å². The Morgan fingerprint density at radius 1 is 0.469 bits per heavy atom. The van der Waals surface area contributed by atoms with Crippen molar-refractivity contribution in [2.24, 2.45) is 23.7 Å². The average Bonchev–Trinajstić information content (AvgIpc) is 1.23. The van der Waals surface area contributed by atoms with Gasteiger partial charge in [-0.3, -0.25) is 14.4 Å². The minimum atomic E-state index is -4.23. The number of carbonyl (C=O) groups is 3. The number of alkyl halides is 3. The van der Waals surface area contributed by atoms with E-state index >= 15 is 0 Å². The number of halogens is 10. The van der Waals surface area contributed by atoms with E-state index in [0.29, 0.717) is 112 Å². The van der Waals surface area contributed by atoms with Crippen molar-refractivity contribution < 1.29 is 45.1 Å². The molecule has 6 aromatic carbocycles. The number of rotatable bonds is 8. The highest BCUT2D eigenvalue weighted by Gasteiger charge is 2.34. The van der Waals surface area contributed by atoms with Crippen molar-refractivity contribution in [2.75, 3.05) is 19.6 Å². The quantitative estimate of drug-likeness (QED) is 0.111. The largest absolute Gasteiger partial charge is 0.416 e. The number of hydrogen-bond donors (Lipinski definition) is 0. The molecule has 0 aliphatic carbocycles. The number of aryl methyl sites for hydroxylation is 9. The van der Waals surface area contributed by atoms with Gasteiger partial charge in [0.15, 0.2) is 11.6 Å². The highest BCUT2D eigenvalue weighted by Crippen LogP contribution is 2.33. The zero-order valence-corrected chi connectivity index (χ0v) is 63.9. The fourth-order valence-corrected chi connectivity index (χ4v) is 10.7. The summed E-state index contributed by atoms with van der Waals surface area (Å²) in [6.45, 7) is 45.1. The van der Waals surface area contributed by atoms with Crippen molar-refractivity contribution in [3.63, 3.8) is 0 Å². The van der Waals surface area contributed by atoms with Crippen LogP contribution in [0.5, 0.6) is 0 Å². The van der Waals surface area contributed by atoms with E-state index in [1.165, 1.54) is 23.3 Å². The van der Waals surface area contributed by atoms with Gasteiger partial charge in [0.25, 0.3) is 0 Å². The Balaban J connectivity index is 0.00000108. The fourth-order valence-electron chi connectivity index (χ4n) is 9.93. The van der Waals surface area contributed by atoms with Crippen molar-refractivity contribution in [3.05, 3.63) is 208 Å². The lowest BCUT2D eigenvalue weighted by molar-refractivity contribution is -0.138. The molecule has 3 aliphatic rings. The third kappa shape index (κ3) is 33.3. The zero-order valence-electron chi connectivity index (χ0n) is 61.7. The molecule has 0 saturated carbocycles. The molecular weight excluding hydrogens is 1320 g/mol. The number of amides is 3. The summed E-state index contributed by atoms with van der Waals surface area (Å²) in [5, 5.41) is 18.9. The maximum atomic E-state index is 12.6. The second-order valence-electron chi connectivity index (χ2n) is 25.5. The summed E-state index contributed by atoms with van der Waals surface area (Å²) >= 11 is 17.2. The Bertz CT molecular complexity index is 3400. The average molecular weight is 1430 g/mol. The van der Waals surface area contributed by atoms with Gasteiger partial charge in [-0.15, -0.1) is 0 Å². The smallest absolute Gasteiger partial charge is 0.340 e. The fraction of sp³-hybridized carbons (Fsp3) is 0.487. The monoisotopic (exact) mass is 1420 g/mol. The molecule has 0 bridgehead atoms. The summed E-state index contributed by atoms with van der Waals surface area (Å²) in [7, 11) is 0. The Morgan fingerprint density at radius 2 is 0.867 bits per heavy atom. The first kappa shape index (κ1) is 91.1. The van der Waals surface area contributed by atoms with Gasteiger partial charge >= 0.3 is 6.18 Å². The van der Waals surface area contributed by atoms with Crippen LogP contribution in [0.4, 0.5) is 30.7 Å². The molecule has 540 valence electrons. The van der Waals surface area contributed by atoms with Crippen molar-refractivity contribution in [3.8, 4) is 12.1 Å². The van der Waals surface area contributed by atoms with Gasteiger partial charge in [-0.05, 0) is 230 Å². The van der Waals surface area contributed by atoms with Crippen LogP contribution in [-0.2, 0) is 46.2 Å². The normalized spacial score (nSPS) is 15.1. The molecule has 6 aromatic rings. The molecule has 98 heavy (non-hydrogen) atoms. The molecule has 0 N–H and O–H groups in total. The highest BCUT2D eigenvalue weighted by atomic mass is 35.5. The van der Waals surface area contributed by atoms with Crippen molar-refractivity contribution in [1.29, 1.82) is 10.5 Å². The number of nitrogens with zero attached hydrogens (tertiary/aromatic N) is 5. The molecular formula is C80H107Cl3F7N5O3. The van der Waals surface area contributed by atoms with E-state index in [1.807, 2.05) is 119 Å². The van der Waals surface area contributed by atoms with Gasteiger partial charge in [-0.25, -0.2) is 17.6 Å². The second kappa shape index (κ2) is 46.4. The summed E-state index contributed by atoms with van der Waals surface area (Å²) < 4.78 is 87.5. The van der Waals surface area contributed by atoms with Crippen LogP contribution in [0.3, 0.4) is 0 Å². The molecule has 3 aliphatic heterocycles. The van der Waals surface area contributed by atoms with Gasteiger partial charge in [-0.1, -0.05) is 147 Å². The zero-order chi connectivity index (χ0) is 75.5. The number of likely N-dealkylation sites (tertiary alicyclic amines) is 3. The molecule has 1 unspecified atom stereocenters. The summed E-state index contributed by atoms with van der Waals surface area (Å²) in [5.41, 5.74) is 8.65. The molecule has 18 heteroatoms. The lowest BCUT2D eigenvalue weighted by Crippen LogP contribution is -2.32. The van der Waals surface area contributed by atoms with Gasteiger partial charge in [-0.2, -0.15) is 23.7 Å². The topological polar surface area (TPSA) is 109 Å². The summed E-state index contributed by atoms with van der Waals surface area (Å²) in [4.78, 5) is 39.6. The number of carbonyl (C=O) groups excluding carboxylic acids is 3. The molecule has 3 fully saturated rings. The van der Waals surface area contributed by atoms with E-state index in [4.69, 9.17) is 45.3 Å². The maximum absolute atomic E-state index is 12.6. The first-order valence-electron chi connectivity index (χ1n) is 33.8. The van der Waals surface area contributed by atoms with Crippen LogP contribution >= 0.6 is 34.8 Å². The van der Waals surface area contributed by atoms with Crippen LogP contribution in [0, 0.1) is 104 Å². The van der Waals surface area contributed by atoms with Gasteiger partial charge in [0.05, 0.1) is 26.7 Å². The Morgan fingerprint density at radius 3 is 1.17 bits per heavy atom. The van der Waals surface area contributed by atoms with E-state index in [-0.39, 0.29) is 11.4 Å². The predicted octanol–water partition coefficient (Wildman–Crippen LogP) is 22.6. The number of nitriles is 2. The number of hydrogen-bond acceptors (Lipinski definition) is 5. The van der Waals surface area contributed by atoms with Crippen LogP contribution in [0.15, 0.2) is 103 Å². The van der Waals surface area contributed by atoms with Crippen LogP contribution in [0.25, 0.3) is 0 Å². The van der Waals surface area contributed by atoms with E-state index < -0.39 is 29.2 Å². The lowest BCUT2D eigenvalue weighted by atomic mass is 9.95. The highest BCUT2D eigenvalue weighted by molar-refractivity contribution is 6.32. The lowest BCUT2D eigenvalue weighted by Gasteiger charge is -2.21. The summed E-state index contributed by atoms with van der Waals surface area (Å²) in [6.07, 6.45) is 0.348. The van der Waals surface area contributed by atoms with Gasteiger partial charge in [0.2, 0.25) is 17.7 Å².